The van der Waals surface area contributed by atoms with Gasteiger partial charge in [-0.2, -0.15) is 0 Å². The highest BCUT2D eigenvalue weighted by atomic mass is 19.1. The van der Waals surface area contributed by atoms with Crippen molar-refractivity contribution in [3.63, 3.8) is 0 Å². The zero-order valence-electron chi connectivity index (χ0n) is 12.1. The maximum absolute atomic E-state index is 13.4. The molecule has 0 radical (unpaired) electrons. The van der Waals surface area contributed by atoms with Gasteiger partial charge in [0.2, 0.25) is 0 Å². The van der Waals surface area contributed by atoms with Crippen molar-refractivity contribution in [2.45, 2.75) is 50.7 Å². The van der Waals surface area contributed by atoms with E-state index >= 15 is 0 Å². The molecule has 0 amide bonds. The third kappa shape index (κ3) is 2.96. The van der Waals surface area contributed by atoms with E-state index in [4.69, 9.17) is 4.74 Å². The number of aliphatic hydroxyl groups excluding tert-OH is 1. The van der Waals surface area contributed by atoms with E-state index in [1.54, 1.807) is 13.0 Å². The van der Waals surface area contributed by atoms with Gasteiger partial charge in [-0.1, -0.05) is 12.8 Å². The Labute approximate surface area is 119 Å². The molecular weight excluding hydrogens is 259 g/mol. The Bertz CT molecular complexity index is 455. The first-order valence-electron chi connectivity index (χ1n) is 7.20. The number of benzene rings is 1. The quantitative estimate of drug-likeness (QED) is 0.873. The molecule has 3 nitrogen and oxygen atoms in total. The van der Waals surface area contributed by atoms with Crippen LogP contribution in [-0.2, 0) is 6.42 Å². The number of hydrogen-bond acceptors (Lipinski definition) is 3. The van der Waals surface area contributed by atoms with Gasteiger partial charge in [-0.15, -0.1) is 0 Å². The smallest absolute Gasteiger partial charge is 0.123 e. The van der Waals surface area contributed by atoms with Crippen LogP contribution in [0.1, 0.15) is 38.2 Å². The number of rotatable bonds is 5. The maximum atomic E-state index is 13.4. The fourth-order valence-corrected chi connectivity index (χ4v) is 3.25. The number of halogens is 1. The molecule has 2 rings (SSSR count). The summed E-state index contributed by atoms with van der Waals surface area (Å²) >= 11 is 0. The van der Waals surface area contributed by atoms with Crippen molar-refractivity contribution in [3.8, 4) is 5.75 Å². The van der Waals surface area contributed by atoms with Crippen molar-refractivity contribution in [3.05, 3.63) is 29.6 Å². The SMILES string of the molecule is COc1ccc(F)cc1CC(O)(C(C)O)C1CCCC1. The molecular formula is C16H23FO3. The van der Waals surface area contributed by atoms with Crippen LogP contribution < -0.4 is 4.74 Å². The molecule has 1 aliphatic carbocycles. The fraction of sp³-hybridized carbons (Fsp3) is 0.625. The van der Waals surface area contributed by atoms with Crippen molar-refractivity contribution < 1.29 is 19.3 Å². The van der Waals surface area contributed by atoms with Crippen LogP contribution >= 0.6 is 0 Å². The molecule has 0 aliphatic heterocycles. The number of hydrogen-bond donors (Lipinski definition) is 2. The van der Waals surface area contributed by atoms with Crippen LogP contribution in [-0.4, -0.2) is 29.0 Å². The third-order valence-electron chi connectivity index (χ3n) is 4.50. The minimum Gasteiger partial charge on any atom is -0.496 e. The highest BCUT2D eigenvalue weighted by Crippen LogP contribution is 2.39. The molecule has 0 heterocycles. The fourth-order valence-electron chi connectivity index (χ4n) is 3.25. The summed E-state index contributed by atoms with van der Waals surface area (Å²) in [6.07, 6.45) is 3.28. The molecule has 1 saturated carbocycles. The normalized spacial score (nSPS) is 20.6. The van der Waals surface area contributed by atoms with Crippen molar-refractivity contribution >= 4 is 0 Å². The highest BCUT2D eigenvalue weighted by Gasteiger charge is 2.42. The second-order valence-corrected chi connectivity index (χ2v) is 5.78. The molecule has 0 aromatic heterocycles. The molecule has 112 valence electrons. The highest BCUT2D eigenvalue weighted by molar-refractivity contribution is 5.35. The molecule has 1 aromatic rings. The van der Waals surface area contributed by atoms with Gasteiger partial charge < -0.3 is 14.9 Å². The molecule has 2 unspecified atom stereocenters. The van der Waals surface area contributed by atoms with Crippen LogP contribution in [0.4, 0.5) is 4.39 Å². The Morgan fingerprint density at radius 1 is 1.40 bits per heavy atom. The minimum atomic E-state index is -1.22. The van der Waals surface area contributed by atoms with Crippen molar-refractivity contribution in [2.75, 3.05) is 7.11 Å². The Balaban J connectivity index is 2.30. The van der Waals surface area contributed by atoms with E-state index in [2.05, 4.69) is 0 Å². The first kappa shape index (κ1) is 15.3. The van der Waals surface area contributed by atoms with Crippen LogP contribution in [0.3, 0.4) is 0 Å². The monoisotopic (exact) mass is 282 g/mol. The standard InChI is InChI=1S/C16H23FO3/c1-11(18)16(19,13-5-3-4-6-13)10-12-9-14(17)7-8-15(12)20-2/h7-9,11,13,18-19H,3-6,10H2,1-2H3. The van der Waals surface area contributed by atoms with Crippen LogP contribution in [0.5, 0.6) is 5.75 Å². The van der Waals surface area contributed by atoms with E-state index in [-0.39, 0.29) is 18.2 Å². The average Bonchev–Trinajstić information content (AvgIpc) is 2.93. The lowest BCUT2D eigenvalue weighted by Crippen LogP contribution is -2.48. The molecule has 1 aliphatic rings. The van der Waals surface area contributed by atoms with E-state index in [0.717, 1.165) is 25.7 Å². The minimum absolute atomic E-state index is 0.0514. The molecule has 0 bridgehead atoms. The maximum Gasteiger partial charge on any atom is 0.123 e. The van der Waals surface area contributed by atoms with Crippen molar-refractivity contribution in [2.24, 2.45) is 5.92 Å². The predicted octanol–water partition coefficient (Wildman–Crippen LogP) is 2.68. The summed E-state index contributed by atoms with van der Waals surface area (Å²) < 4.78 is 18.7. The first-order valence-corrected chi connectivity index (χ1v) is 7.20. The van der Waals surface area contributed by atoms with Gasteiger partial charge in [-0.3, -0.25) is 0 Å². The largest absolute Gasteiger partial charge is 0.496 e. The molecule has 20 heavy (non-hydrogen) atoms. The van der Waals surface area contributed by atoms with Crippen LogP contribution in [0, 0.1) is 11.7 Å². The van der Waals surface area contributed by atoms with Gasteiger partial charge in [0.05, 0.1) is 18.8 Å². The summed E-state index contributed by atoms with van der Waals surface area (Å²) in [4.78, 5) is 0. The molecule has 2 atom stereocenters. The van der Waals surface area contributed by atoms with Gasteiger partial charge in [0.1, 0.15) is 11.6 Å². The molecule has 0 saturated heterocycles. The Morgan fingerprint density at radius 2 is 2.05 bits per heavy atom. The van der Waals surface area contributed by atoms with Crippen LogP contribution in [0.2, 0.25) is 0 Å². The van der Waals surface area contributed by atoms with E-state index < -0.39 is 11.7 Å². The molecule has 1 fully saturated rings. The topological polar surface area (TPSA) is 49.7 Å². The lowest BCUT2D eigenvalue weighted by Gasteiger charge is -2.37. The van der Waals surface area contributed by atoms with Gasteiger partial charge in [0.25, 0.3) is 0 Å². The van der Waals surface area contributed by atoms with E-state index in [9.17, 15) is 14.6 Å². The van der Waals surface area contributed by atoms with Crippen LogP contribution in [0.15, 0.2) is 18.2 Å². The summed E-state index contributed by atoms with van der Waals surface area (Å²) in [6.45, 7) is 1.60. The van der Waals surface area contributed by atoms with E-state index in [1.165, 1.54) is 19.2 Å². The Hall–Kier alpha value is -1.13. The lowest BCUT2D eigenvalue weighted by atomic mass is 9.77. The van der Waals surface area contributed by atoms with Gasteiger partial charge in [-0.05, 0) is 49.4 Å². The number of aliphatic hydroxyl groups is 2. The molecule has 0 spiro atoms. The average molecular weight is 282 g/mol. The number of methoxy groups -OCH3 is 1. The summed E-state index contributed by atoms with van der Waals surface area (Å²) in [7, 11) is 1.52. The van der Waals surface area contributed by atoms with Gasteiger partial charge in [0.15, 0.2) is 0 Å². The molecule has 1 aromatic carbocycles. The predicted molar refractivity (Wildman–Crippen MR) is 75.2 cm³/mol. The van der Waals surface area contributed by atoms with Crippen molar-refractivity contribution in [1.29, 1.82) is 0 Å². The Morgan fingerprint density at radius 3 is 2.60 bits per heavy atom. The summed E-state index contributed by atoms with van der Waals surface area (Å²) in [5.74, 6) is 0.235. The molecule has 4 heteroatoms. The number of ether oxygens (including phenoxy) is 1. The van der Waals surface area contributed by atoms with Gasteiger partial charge in [-0.25, -0.2) is 4.39 Å². The van der Waals surface area contributed by atoms with Crippen LogP contribution in [0.25, 0.3) is 0 Å². The summed E-state index contributed by atoms with van der Waals surface area (Å²) in [5, 5.41) is 21.0. The second kappa shape index (κ2) is 6.10. The zero-order chi connectivity index (χ0) is 14.8. The zero-order valence-corrected chi connectivity index (χ0v) is 12.1. The summed E-state index contributed by atoms with van der Waals surface area (Å²) in [5.41, 5.74) is -0.625. The molecule has 2 N–H and O–H groups in total. The Kier molecular flexibility index (Phi) is 4.66. The van der Waals surface area contributed by atoms with Gasteiger partial charge in [0, 0.05) is 6.42 Å². The van der Waals surface area contributed by atoms with E-state index in [0.29, 0.717) is 11.3 Å². The lowest BCUT2D eigenvalue weighted by molar-refractivity contribution is -0.105. The van der Waals surface area contributed by atoms with Gasteiger partial charge >= 0.3 is 0 Å². The third-order valence-corrected chi connectivity index (χ3v) is 4.50. The summed E-state index contributed by atoms with van der Waals surface area (Å²) in [6, 6.07) is 4.27. The van der Waals surface area contributed by atoms with Crippen molar-refractivity contribution in [1.82, 2.24) is 0 Å². The second-order valence-electron chi connectivity index (χ2n) is 5.78. The van der Waals surface area contributed by atoms with E-state index in [1.807, 2.05) is 0 Å². The first-order chi connectivity index (χ1) is 9.47.